The fourth-order valence-corrected chi connectivity index (χ4v) is 0.690. The van der Waals surface area contributed by atoms with Crippen molar-refractivity contribution >= 4 is 17.7 Å². The molecule has 0 aliphatic carbocycles. The molecule has 18 heavy (non-hydrogen) atoms. The van der Waals surface area contributed by atoms with Gasteiger partial charge in [0.2, 0.25) is 0 Å². The van der Waals surface area contributed by atoms with E-state index in [1.807, 2.05) is 5.32 Å². The van der Waals surface area contributed by atoms with E-state index in [0.717, 1.165) is 6.07 Å². The normalized spacial score (nSPS) is 10.0. The fraction of sp³-hybridized carbons (Fsp3) is 0.111. The lowest BCUT2D eigenvalue weighted by Gasteiger charge is -1.98. The smallest absolute Gasteiger partial charge is 0.475 e. The molecular formula is C9H7F4NO4. The van der Waals surface area contributed by atoms with Gasteiger partial charge in [0.1, 0.15) is 5.82 Å². The first-order valence-electron chi connectivity index (χ1n) is 4.18. The second-order valence-corrected chi connectivity index (χ2v) is 2.74. The Hall–Kier alpha value is -2.32. The maximum absolute atomic E-state index is 12.4. The van der Waals surface area contributed by atoms with Gasteiger partial charge < -0.3 is 10.2 Å². The maximum atomic E-state index is 12.4. The molecule has 0 unspecified atom stereocenters. The Balaban J connectivity index is 0.000000360. The quantitative estimate of drug-likeness (QED) is 0.684. The molecule has 0 saturated heterocycles. The Kier molecular flexibility index (Phi) is 5.60. The number of rotatable bonds is 1. The summed E-state index contributed by atoms with van der Waals surface area (Å²) in [7, 11) is 0. The van der Waals surface area contributed by atoms with Gasteiger partial charge in [0, 0.05) is 5.69 Å². The van der Waals surface area contributed by atoms with Gasteiger partial charge in [-0.3, -0.25) is 5.32 Å². The van der Waals surface area contributed by atoms with Gasteiger partial charge in [0.05, 0.1) is 0 Å². The van der Waals surface area contributed by atoms with Crippen LogP contribution in [0.4, 0.5) is 28.0 Å². The number of anilines is 1. The molecule has 0 aliphatic heterocycles. The molecule has 0 bridgehead atoms. The molecule has 0 spiro atoms. The number of aliphatic carboxylic acids is 1. The predicted molar refractivity (Wildman–Crippen MR) is 51.7 cm³/mol. The van der Waals surface area contributed by atoms with E-state index in [1.54, 1.807) is 0 Å². The molecular weight excluding hydrogens is 262 g/mol. The van der Waals surface area contributed by atoms with Crippen LogP contribution in [0.25, 0.3) is 0 Å². The average Bonchev–Trinajstić information content (AvgIpc) is 2.15. The molecule has 0 saturated carbocycles. The number of alkyl halides is 3. The first-order valence-corrected chi connectivity index (χ1v) is 4.18. The lowest BCUT2D eigenvalue weighted by molar-refractivity contribution is -0.192. The van der Waals surface area contributed by atoms with Crippen LogP contribution >= 0.6 is 0 Å². The van der Waals surface area contributed by atoms with Gasteiger partial charge in [-0.15, -0.1) is 0 Å². The molecule has 0 heterocycles. The molecule has 9 heteroatoms. The van der Waals surface area contributed by atoms with Crippen molar-refractivity contribution in [1.82, 2.24) is 0 Å². The third-order valence-electron chi connectivity index (χ3n) is 1.32. The molecule has 1 amide bonds. The number of hydrogen-bond donors (Lipinski definition) is 3. The van der Waals surface area contributed by atoms with Crippen molar-refractivity contribution in [3.63, 3.8) is 0 Å². The Morgan fingerprint density at radius 3 is 2.00 bits per heavy atom. The molecule has 3 N–H and O–H groups in total. The van der Waals surface area contributed by atoms with Crippen LogP contribution in [0.1, 0.15) is 0 Å². The summed E-state index contributed by atoms with van der Waals surface area (Å²) in [5.41, 5.74) is 0.234. The summed E-state index contributed by atoms with van der Waals surface area (Å²) in [4.78, 5) is 18.9. The minimum absolute atomic E-state index is 0.234. The number of carbonyl (C=O) groups is 2. The number of halogens is 4. The van der Waals surface area contributed by atoms with Gasteiger partial charge >= 0.3 is 18.2 Å². The van der Waals surface area contributed by atoms with E-state index in [4.69, 9.17) is 15.0 Å². The first-order chi connectivity index (χ1) is 8.12. The second-order valence-electron chi connectivity index (χ2n) is 2.74. The van der Waals surface area contributed by atoms with Crippen LogP contribution in [0.5, 0.6) is 0 Å². The highest BCUT2D eigenvalue weighted by molar-refractivity contribution is 5.82. The van der Waals surface area contributed by atoms with Crippen molar-refractivity contribution in [2.45, 2.75) is 6.18 Å². The van der Waals surface area contributed by atoms with Crippen molar-refractivity contribution in [3.8, 4) is 0 Å². The molecule has 100 valence electrons. The van der Waals surface area contributed by atoms with E-state index < -0.39 is 24.1 Å². The van der Waals surface area contributed by atoms with E-state index in [0.29, 0.717) is 0 Å². The van der Waals surface area contributed by atoms with E-state index >= 15 is 0 Å². The standard InChI is InChI=1S/C7H6FNO2.C2HF3O2/c8-5-2-1-3-6(4-5)9-7(10)11;3-2(4,5)1(6)7/h1-4,9H,(H,10,11);(H,6,7). The summed E-state index contributed by atoms with van der Waals surface area (Å²) in [5.74, 6) is -3.22. The van der Waals surface area contributed by atoms with Gasteiger partial charge in [-0.1, -0.05) is 6.07 Å². The van der Waals surface area contributed by atoms with Gasteiger partial charge in [-0.2, -0.15) is 13.2 Å². The molecule has 1 aromatic carbocycles. The summed E-state index contributed by atoms with van der Waals surface area (Å²) < 4.78 is 44.1. The number of carboxylic acid groups (broad SMARTS) is 2. The zero-order chi connectivity index (χ0) is 14.3. The molecule has 0 aromatic heterocycles. The van der Waals surface area contributed by atoms with Crippen molar-refractivity contribution in [1.29, 1.82) is 0 Å². The molecule has 5 nitrogen and oxygen atoms in total. The number of benzene rings is 1. The van der Waals surface area contributed by atoms with Crippen LogP contribution in [0.2, 0.25) is 0 Å². The Labute approximate surface area is 97.7 Å². The van der Waals surface area contributed by atoms with Crippen LogP contribution in [0, 0.1) is 5.82 Å². The van der Waals surface area contributed by atoms with E-state index in [-0.39, 0.29) is 5.69 Å². The van der Waals surface area contributed by atoms with Crippen LogP contribution in [-0.4, -0.2) is 28.5 Å². The summed E-state index contributed by atoms with van der Waals surface area (Å²) >= 11 is 0. The van der Waals surface area contributed by atoms with E-state index in [9.17, 15) is 22.4 Å². The number of hydrogen-bond acceptors (Lipinski definition) is 2. The van der Waals surface area contributed by atoms with Crippen LogP contribution < -0.4 is 5.32 Å². The van der Waals surface area contributed by atoms with Crippen molar-refractivity contribution in [3.05, 3.63) is 30.1 Å². The number of nitrogens with one attached hydrogen (secondary N) is 1. The minimum Gasteiger partial charge on any atom is -0.475 e. The number of amides is 1. The average molecular weight is 269 g/mol. The van der Waals surface area contributed by atoms with E-state index in [2.05, 4.69) is 0 Å². The van der Waals surface area contributed by atoms with Gasteiger partial charge in [-0.25, -0.2) is 14.0 Å². The summed E-state index contributed by atoms with van der Waals surface area (Å²) in [6.45, 7) is 0. The number of carboxylic acids is 1. The monoisotopic (exact) mass is 269 g/mol. The molecule has 1 rings (SSSR count). The summed E-state index contributed by atoms with van der Waals surface area (Å²) in [5, 5.41) is 17.4. The molecule has 0 aliphatic rings. The lowest BCUT2D eigenvalue weighted by Crippen LogP contribution is -2.21. The minimum atomic E-state index is -5.08. The first kappa shape index (κ1) is 15.7. The van der Waals surface area contributed by atoms with Crippen LogP contribution in [0.15, 0.2) is 24.3 Å². The zero-order valence-electron chi connectivity index (χ0n) is 8.53. The van der Waals surface area contributed by atoms with Crippen molar-refractivity contribution < 1.29 is 37.4 Å². The van der Waals surface area contributed by atoms with Gasteiger partial charge in [0.25, 0.3) is 0 Å². The predicted octanol–water partition coefficient (Wildman–Crippen LogP) is 2.55. The Morgan fingerprint density at radius 1 is 1.17 bits per heavy atom. The molecule has 0 fully saturated rings. The van der Waals surface area contributed by atoms with E-state index in [1.165, 1.54) is 18.2 Å². The third kappa shape index (κ3) is 7.04. The van der Waals surface area contributed by atoms with Crippen molar-refractivity contribution in [2.75, 3.05) is 5.32 Å². The summed E-state index contributed by atoms with van der Waals surface area (Å²) in [6, 6.07) is 5.25. The van der Waals surface area contributed by atoms with Gasteiger partial charge in [-0.05, 0) is 18.2 Å². The largest absolute Gasteiger partial charge is 0.490 e. The SMILES string of the molecule is O=C(O)C(F)(F)F.O=C(O)Nc1cccc(F)c1. The second kappa shape index (κ2) is 6.42. The van der Waals surface area contributed by atoms with Crippen molar-refractivity contribution in [2.24, 2.45) is 0 Å². The molecule has 1 aromatic rings. The fourth-order valence-electron chi connectivity index (χ4n) is 0.690. The Morgan fingerprint density at radius 2 is 1.67 bits per heavy atom. The maximum Gasteiger partial charge on any atom is 0.490 e. The highest BCUT2D eigenvalue weighted by atomic mass is 19.4. The van der Waals surface area contributed by atoms with Crippen LogP contribution in [-0.2, 0) is 4.79 Å². The molecule has 0 radical (unpaired) electrons. The summed E-state index contributed by atoms with van der Waals surface area (Å²) in [6.07, 6.45) is -6.28. The lowest BCUT2D eigenvalue weighted by atomic mass is 10.3. The van der Waals surface area contributed by atoms with Crippen LogP contribution in [0.3, 0.4) is 0 Å². The molecule has 0 atom stereocenters. The Bertz CT molecular complexity index is 433. The third-order valence-corrected chi connectivity index (χ3v) is 1.32. The highest BCUT2D eigenvalue weighted by Gasteiger charge is 2.38. The highest BCUT2D eigenvalue weighted by Crippen LogP contribution is 2.13. The topological polar surface area (TPSA) is 86.6 Å². The van der Waals surface area contributed by atoms with Gasteiger partial charge in [0.15, 0.2) is 0 Å². The zero-order valence-corrected chi connectivity index (χ0v) is 8.53.